The molecule has 3 N–H and O–H groups in total. The van der Waals surface area contributed by atoms with E-state index in [0.717, 1.165) is 23.4 Å². The first kappa shape index (κ1) is 14.3. The monoisotopic (exact) mass is 268 g/mol. The fraction of sp³-hybridized carbons (Fsp3) is 0.462. The van der Waals surface area contributed by atoms with Crippen molar-refractivity contribution < 1.29 is 0 Å². The summed E-state index contributed by atoms with van der Waals surface area (Å²) in [6.07, 6.45) is 3.21. The summed E-state index contributed by atoms with van der Waals surface area (Å²) in [6.45, 7) is 4.27. The largest absolute Gasteiger partial charge is 0.389 e. The van der Waals surface area contributed by atoms with Crippen LogP contribution in [0.15, 0.2) is 18.2 Å². The molecule has 0 fully saturated rings. The van der Waals surface area contributed by atoms with Crippen LogP contribution < -0.4 is 11.1 Å². The van der Waals surface area contributed by atoms with Gasteiger partial charge in [-0.3, -0.25) is 0 Å². The Morgan fingerprint density at radius 3 is 2.76 bits per heavy atom. The van der Waals surface area contributed by atoms with Crippen molar-refractivity contribution in [1.82, 2.24) is 0 Å². The van der Waals surface area contributed by atoms with E-state index in [2.05, 4.69) is 31.5 Å². The van der Waals surface area contributed by atoms with Crippen molar-refractivity contribution in [3.63, 3.8) is 0 Å². The zero-order chi connectivity index (χ0) is 12.8. The lowest BCUT2D eigenvalue weighted by atomic mass is 10.1. The van der Waals surface area contributed by atoms with Gasteiger partial charge in [-0.15, -0.1) is 0 Å². The van der Waals surface area contributed by atoms with Crippen molar-refractivity contribution in [2.75, 3.05) is 17.3 Å². The number of anilines is 1. The Balaban J connectivity index is 2.99. The SMILES string of the molecule is CCC(CSC)Nc1c(C)cccc1C(N)=S. The molecule has 2 nitrogen and oxygen atoms in total. The summed E-state index contributed by atoms with van der Waals surface area (Å²) in [5.74, 6) is 1.08. The van der Waals surface area contributed by atoms with E-state index >= 15 is 0 Å². The molecular weight excluding hydrogens is 248 g/mol. The quantitative estimate of drug-likeness (QED) is 0.777. The second-order valence-corrected chi connectivity index (χ2v) is 5.42. The highest BCUT2D eigenvalue weighted by atomic mass is 32.2. The number of thioether (sulfide) groups is 1. The Hall–Kier alpha value is -0.740. The van der Waals surface area contributed by atoms with Gasteiger partial charge in [0, 0.05) is 23.0 Å². The summed E-state index contributed by atoms with van der Waals surface area (Å²) >= 11 is 6.94. The molecule has 1 atom stereocenters. The van der Waals surface area contributed by atoms with Crippen LogP contribution in [0.3, 0.4) is 0 Å². The van der Waals surface area contributed by atoms with Crippen LogP contribution in [-0.2, 0) is 0 Å². The summed E-state index contributed by atoms with van der Waals surface area (Å²) in [6, 6.07) is 6.50. The zero-order valence-corrected chi connectivity index (χ0v) is 12.3. The molecule has 4 heteroatoms. The Morgan fingerprint density at radius 2 is 2.24 bits per heavy atom. The van der Waals surface area contributed by atoms with Crippen LogP contribution in [0.4, 0.5) is 5.69 Å². The van der Waals surface area contributed by atoms with Gasteiger partial charge in [0.1, 0.15) is 4.99 Å². The summed E-state index contributed by atoms with van der Waals surface area (Å²) in [5.41, 5.74) is 8.98. The van der Waals surface area contributed by atoms with E-state index < -0.39 is 0 Å². The number of nitrogens with two attached hydrogens (primary N) is 1. The molecule has 1 aromatic carbocycles. The van der Waals surface area contributed by atoms with E-state index in [9.17, 15) is 0 Å². The van der Waals surface area contributed by atoms with Gasteiger partial charge in [0.2, 0.25) is 0 Å². The molecule has 0 saturated heterocycles. The number of para-hydroxylation sites is 1. The van der Waals surface area contributed by atoms with Crippen LogP contribution in [-0.4, -0.2) is 23.0 Å². The molecule has 1 rings (SSSR count). The highest BCUT2D eigenvalue weighted by Gasteiger charge is 2.12. The predicted molar refractivity (Wildman–Crippen MR) is 83.2 cm³/mol. The molecule has 0 saturated carbocycles. The molecule has 0 aliphatic carbocycles. The zero-order valence-electron chi connectivity index (χ0n) is 10.6. The highest BCUT2D eigenvalue weighted by molar-refractivity contribution is 7.98. The van der Waals surface area contributed by atoms with Gasteiger partial charge in [-0.05, 0) is 31.2 Å². The summed E-state index contributed by atoms with van der Waals surface area (Å²) < 4.78 is 0. The normalized spacial score (nSPS) is 12.2. The minimum absolute atomic E-state index is 0.454. The number of aryl methyl sites for hydroxylation is 1. The second kappa shape index (κ2) is 6.87. The lowest BCUT2D eigenvalue weighted by Crippen LogP contribution is -2.24. The van der Waals surface area contributed by atoms with Crippen molar-refractivity contribution in [3.8, 4) is 0 Å². The van der Waals surface area contributed by atoms with Crippen LogP contribution in [0, 0.1) is 6.92 Å². The van der Waals surface area contributed by atoms with Gasteiger partial charge in [0.05, 0.1) is 0 Å². The van der Waals surface area contributed by atoms with Gasteiger partial charge in [0.25, 0.3) is 0 Å². The first-order valence-electron chi connectivity index (χ1n) is 5.75. The molecule has 0 aromatic heterocycles. The molecule has 0 amide bonds. The Labute approximate surface area is 113 Å². The van der Waals surface area contributed by atoms with E-state index in [0.29, 0.717) is 11.0 Å². The van der Waals surface area contributed by atoms with E-state index in [1.54, 1.807) is 0 Å². The molecular formula is C13H20N2S2. The minimum atomic E-state index is 0.454. The standard InChI is InChI=1S/C13H20N2S2/c1-4-10(8-17-3)15-12-9(2)6-5-7-11(12)13(14)16/h5-7,10,15H,4,8H2,1-3H3,(H2,14,16). The average molecular weight is 268 g/mol. The van der Waals surface area contributed by atoms with Crippen molar-refractivity contribution in [2.24, 2.45) is 5.73 Å². The number of rotatable bonds is 6. The Bertz CT molecular complexity index is 391. The summed E-state index contributed by atoms with van der Waals surface area (Å²) in [5, 5.41) is 3.56. The van der Waals surface area contributed by atoms with Crippen LogP contribution >= 0.6 is 24.0 Å². The molecule has 0 aliphatic heterocycles. The van der Waals surface area contributed by atoms with Gasteiger partial charge in [-0.25, -0.2) is 0 Å². The minimum Gasteiger partial charge on any atom is -0.389 e. The molecule has 94 valence electrons. The third kappa shape index (κ3) is 3.89. The third-order valence-electron chi connectivity index (χ3n) is 2.75. The molecule has 0 heterocycles. The van der Waals surface area contributed by atoms with Crippen molar-refractivity contribution in [3.05, 3.63) is 29.3 Å². The first-order valence-corrected chi connectivity index (χ1v) is 7.55. The number of nitrogens with one attached hydrogen (secondary N) is 1. The number of hydrogen-bond acceptors (Lipinski definition) is 3. The van der Waals surface area contributed by atoms with E-state index in [-0.39, 0.29) is 0 Å². The Morgan fingerprint density at radius 1 is 1.53 bits per heavy atom. The molecule has 0 aliphatic rings. The lowest BCUT2D eigenvalue weighted by Gasteiger charge is -2.21. The second-order valence-electron chi connectivity index (χ2n) is 4.07. The lowest BCUT2D eigenvalue weighted by molar-refractivity contribution is 0.774. The summed E-state index contributed by atoms with van der Waals surface area (Å²) in [4.78, 5) is 0.454. The fourth-order valence-electron chi connectivity index (χ4n) is 1.73. The van der Waals surface area contributed by atoms with E-state index in [1.807, 2.05) is 23.9 Å². The number of thiocarbonyl (C=S) groups is 1. The summed E-state index contributed by atoms with van der Waals surface area (Å²) in [7, 11) is 0. The Kier molecular flexibility index (Phi) is 5.78. The van der Waals surface area contributed by atoms with Crippen molar-refractivity contribution >= 4 is 34.7 Å². The predicted octanol–water partition coefficient (Wildman–Crippen LogP) is 3.18. The molecule has 0 spiro atoms. The maximum absolute atomic E-state index is 5.76. The first-order chi connectivity index (χ1) is 8.10. The molecule has 0 radical (unpaired) electrons. The number of hydrogen-bond donors (Lipinski definition) is 2. The van der Waals surface area contributed by atoms with Crippen molar-refractivity contribution in [1.29, 1.82) is 0 Å². The average Bonchev–Trinajstić information content (AvgIpc) is 2.30. The molecule has 0 bridgehead atoms. The van der Waals surface area contributed by atoms with Crippen LogP contribution in [0.5, 0.6) is 0 Å². The third-order valence-corrected chi connectivity index (χ3v) is 3.70. The molecule has 1 unspecified atom stereocenters. The van der Waals surface area contributed by atoms with E-state index in [4.69, 9.17) is 18.0 Å². The topological polar surface area (TPSA) is 38.0 Å². The fourth-order valence-corrected chi connectivity index (χ4v) is 2.62. The molecule has 1 aromatic rings. The van der Waals surface area contributed by atoms with E-state index in [1.165, 1.54) is 5.56 Å². The van der Waals surface area contributed by atoms with Crippen LogP contribution in [0.25, 0.3) is 0 Å². The number of benzene rings is 1. The van der Waals surface area contributed by atoms with Crippen molar-refractivity contribution in [2.45, 2.75) is 26.3 Å². The van der Waals surface area contributed by atoms with Crippen LogP contribution in [0.2, 0.25) is 0 Å². The maximum Gasteiger partial charge on any atom is 0.106 e. The highest BCUT2D eigenvalue weighted by Crippen LogP contribution is 2.22. The van der Waals surface area contributed by atoms with Gasteiger partial charge in [-0.2, -0.15) is 11.8 Å². The van der Waals surface area contributed by atoms with Crippen LogP contribution in [0.1, 0.15) is 24.5 Å². The van der Waals surface area contributed by atoms with Gasteiger partial charge < -0.3 is 11.1 Å². The maximum atomic E-state index is 5.76. The van der Waals surface area contributed by atoms with Gasteiger partial charge >= 0.3 is 0 Å². The van der Waals surface area contributed by atoms with Gasteiger partial charge in [0.15, 0.2) is 0 Å². The van der Waals surface area contributed by atoms with Gasteiger partial charge in [-0.1, -0.05) is 31.3 Å². The smallest absolute Gasteiger partial charge is 0.106 e. The molecule has 17 heavy (non-hydrogen) atoms.